The van der Waals surface area contributed by atoms with Crippen molar-refractivity contribution in [2.75, 3.05) is 0 Å². The molecule has 0 radical (unpaired) electrons. The van der Waals surface area contributed by atoms with Crippen LogP contribution in [0.25, 0.3) is 0 Å². The molecule has 0 aromatic rings. The zero-order chi connectivity index (χ0) is 5.44. The molecule has 1 N–H and O–H groups in total. The van der Waals surface area contributed by atoms with Crippen molar-refractivity contribution >= 4 is 5.78 Å². The van der Waals surface area contributed by atoms with Gasteiger partial charge in [-0.25, -0.2) is 0 Å². The molecule has 0 saturated carbocycles. The minimum Gasteiger partial charge on any atom is -0.504 e. The molecule has 0 aliphatic heterocycles. The van der Waals surface area contributed by atoms with Crippen LogP contribution in [0.3, 0.4) is 0 Å². The third-order valence-corrected chi connectivity index (χ3v) is 1.09. The molecule has 0 bridgehead atoms. The lowest BCUT2D eigenvalue weighted by Crippen LogP contribution is -2.14. The van der Waals surface area contributed by atoms with E-state index in [1.54, 1.807) is 6.92 Å². The van der Waals surface area contributed by atoms with Gasteiger partial charge in [-0.15, -0.1) is 0 Å². The van der Waals surface area contributed by atoms with Crippen LogP contribution < -0.4 is 0 Å². The van der Waals surface area contributed by atoms with Gasteiger partial charge in [0.15, 0.2) is 5.76 Å². The minimum atomic E-state index is -0.127. The van der Waals surface area contributed by atoms with Gasteiger partial charge in [-0.2, -0.15) is 0 Å². The third-order valence-electron chi connectivity index (χ3n) is 1.09. The van der Waals surface area contributed by atoms with Gasteiger partial charge in [0.1, 0.15) is 0 Å². The topological polar surface area (TPSA) is 37.3 Å². The lowest BCUT2D eigenvalue weighted by molar-refractivity contribution is -0.119. The van der Waals surface area contributed by atoms with E-state index in [1.165, 1.54) is 0 Å². The first-order chi connectivity index (χ1) is 3.22. The standard InChI is InChI=1S/C5H6O2/c1-3-2-4(6)5(3)7/h7H,2H2,1H3. The summed E-state index contributed by atoms with van der Waals surface area (Å²) in [5.41, 5.74) is 0.810. The third kappa shape index (κ3) is 0.427. The molecule has 0 fully saturated rings. The Morgan fingerprint density at radius 1 is 1.71 bits per heavy atom. The molecule has 2 heteroatoms. The molecule has 2 nitrogen and oxygen atoms in total. The lowest BCUT2D eigenvalue weighted by Gasteiger charge is -2.11. The second-order valence-electron chi connectivity index (χ2n) is 1.73. The van der Waals surface area contributed by atoms with E-state index in [0.29, 0.717) is 6.42 Å². The van der Waals surface area contributed by atoms with E-state index in [2.05, 4.69) is 0 Å². The van der Waals surface area contributed by atoms with Crippen molar-refractivity contribution in [2.45, 2.75) is 13.3 Å². The van der Waals surface area contributed by atoms with E-state index >= 15 is 0 Å². The summed E-state index contributed by atoms with van der Waals surface area (Å²) in [6, 6.07) is 0. The number of Topliss-reactive ketones (excluding diaryl/α,β-unsaturated/α-hetero) is 1. The van der Waals surface area contributed by atoms with E-state index in [1.807, 2.05) is 0 Å². The van der Waals surface area contributed by atoms with Crippen molar-refractivity contribution in [1.29, 1.82) is 0 Å². The zero-order valence-electron chi connectivity index (χ0n) is 4.06. The van der Waals surface area contributed by atoms with Crippen molar-refractivity contribution in [2.24, 2.45) is 0 Å². The Morgan fingerprint density at radius 2 is 2.29 bits per heavy atom. The van der Waals surface area contributed by atoms with Gasteiger partial charge in [0.05, 0.1) is 0 Å². The minimum absolute atomic E-state index is 0.0278. The highest BCUT2D eigenvalue weighted by Crippen LogP contribution is 2.19. The van der Waals surface area contributed by atoms with Gasteiger partial charge in [-0.1, -0.05) is 0 Å². The highest BCUT2D eigenvalue weighted by molar-refractivity contribution is 6.01. The Bertz CT molecular complexity index is 144. The van der Waals surface area contributed by atoms with Crippen LogP contribution in [0.1, 0.15) is 13.3 Å². The Balaban J connectivity index is 2.85. The predicted octanol–water partition coefficient (Wildman–Crippen LogP) is 0.791. The fourth-order valence-corrected chi connectivity index (χ4v) is 0.540. The average Bonchev–Trinajstić information content (AvgIpc) is 1.68. The Morgan fingerprint density at radius 3 is 2.29 bits per heavy atom. The molecule has 0 heterocycles. The van der Waals surface area contributed by atoms with Crippen LogP contribution in [0.15, 0.2) is 11.3 Å². The fourth-order valence-electron chi connectivity index (χ4n) is 0.540. The Labute approximate surface area is 41.5 Å². The van der Waals surface area contributed by atoms with Gasteiger partial charge in [-0.3, -0.25) is 4.79 Å². The van der Waals surface area contributed by atoms with Gasteiger partial charge < -0.3 is 5.11 Å². The van der Waals surface area contributed by atoms with Gasteiger partial charge in [0.25, 0.3) is 0 Å². The molecule has 0 spiro atoms. The number of aliphatic hydroxyl groups excluding tert-OH is 1. The Hall–Kier alpha value is -0.790. The van der Waals surface area contributed by atoms with Crippen LogP contribution in [0.5, 0.6) is 0 Å². The van der Waals surface area contributed by atoms with E-state index in [9.17, 15) is 4.79 Å². The van der Waals surface area contributed by atoms with Gasteiger partial charge in [0, 0.05) is 6.42 Å². The maximum absolute atomic E-state index is 10.1. The summed E-state index contributed by atoms with van der Waals surface area (Å²) in [6.45, 7) is 1.75. The number of carbonyl (C=O) groups is 1. The molecule has 1 aliphatic rings. The van der Waals surface area contributed by atoms with Crippen molar-refractivity contribution in [3.05, 3.63) is 11.3 Å². The lowest BCUT2D eigenvalue weighted by atomic mass is 9.97. The first kappa shape index (κ1) is 4.37. The van der Waals surface area contributed by atoms with Gasteiger partial charge in [0.2, 0.25) is 5.78 Å². The SMILES string of the molecule is CC1=C(O)C(=O)C1. The molecule has 0 amide bonds. The number of hydrogen-bond donors (Lipinski definition) is 1. The zero-order valence-corrected chi connectivity index (χ0v) is 4.06. The Kier molecular flexibility index (Phi) is 0.680. The second kappa shape index (κ2) is 1.09. The largest absolute Gasteiger partial charge is 0.504 e. The van der Waals surface area contributed by atoms with Crippen LogP contribution >= 0.6 is 0 Å². The van der Waals surface area contributed by atoms with Crippen LogP contribution in [0, 0.1) is 0 Å². The molecular weight excluding hydrogens is 92.1 g/mol. The molecule has 1 aliphatic carbocycles. The maximum atomic E-state index is 10.1. The first-order valence-corrected chi connectivity index (χ1v) is 2.13. The molecule has 0 aromatic heterocycles. The molecule has 0 saturated heterocycles. The molecule has 38 valence electrons. The monoisotopic (exact) mass is 98.0 g/mol. The van der Waals surface area contributed by atoms with Crippen molar-refractivity contribution in [3.8, 4) is 0 Å². The summed E-state index contributed by atoms with van der Waals surface area (Å²) in [4.78, 5) is 10.1. The number of rotatable bonds is 0. The molecule has 0 atom stereocenters. The molecule has 0 aromatic carbocycles. The van der Waals surface area contributed by atoms with E-state index in [4.69, 9.17) is 5.11 Å². The molecule has 1 rings (SSSR count). The summed E-state index contributed by atoms with van der Waals surface area (Å²) in [7, 11) is 0. The molecule has 0 unspecified atom stereocenters. The van der Waals surface area contributed by atoms with Crippen LogP contribution in [0.2, 0.25) is 0 Å². The quantitative estimate of drug-likeness (QED) is 0.486. The van der Waals surface area contributed by atoms with Crippen molar-refractivity contribution in [1.82, 2.24) is 0 Å². The first-order valence-electron chi connectivity index (χ1n) is 2.13. The number of allylic oxidation sites excluding steroid dienone is 2. The number of ketones is 1. The predicted molar refractivity (Wildman–Crippen MR) is 25.0 cm³/mol. The molecule has 7 heavy (non-hydrogen) atoms. The van der Waals surface area contributed by atoms with Gasteiger partial charge in [-0.05, 0) is 12.5 Å². The maximum Gasteiger partial charge on any atom is 0.201 e. The van der Waals surface area contributed by atoms with E-state index in [0.717, 1.165) is 5.57 Å². The molecular formula is C5H6O2. The summed E-state index contributed by atoms with van der Waals surface area (Å²) < 4.78 is 0. The summed E-state index contributed by atoms with van der Waals surface area (Å²) in [5, 5.41) is 8.52. The van der Waals surface area contributed by atoms with E-state index in [-0.39, 0.29) is 11.5 Å². The van der Waals surface area contributed by atoms with Crippen LogP contribution in [0.4, 0.5) is 0 Å². The van der Waals surface area contributed by atoms with Gasteiger partial charge >= 0.3 is 0 Å². The van der Waals surface area contributed by atoms with Crippen LogP contribution in [-0.4, -0.2) is 10.9 Å². The van der Waals surface area contributed by atoms with Crippen molar-refractivity contribution < 1.29 is 9.90 Å². The summed E-state index contributed by atoms with van der Waals surface area (Å²) in [5.74, 6) is -0.155. The highest BCUT2D eigenvalue weighted by atomic mass is 16.3. The normalized spacial score (nSPS) is 19.9. The number of aliphatic hydroxyl groups is 1. The summed E-state index contributed by atoms with van der Waals surface area (Å²) in [6.07, 6.45) is 0.450. The second-order valence-corrected chi connectivity index (χ2v) is 1.73. The number of hydrogen-bond acceptors (Lipinski definition) is 2. The number of carbonyl (C=O) groups excluding carboxylic acids is 1. The highest BCUT2D eigenvalue weighted by Gasteiger charge is 2.21. The van der Waals surface area contributed by atoms with Crippen molar-refractivity contribution in [3.63, 3.8) is 0 Å². The average molecular weight is 98.1 g/mol. The fraction of sp³-hybridized carbons (Fsp3) is 0.400. The summed E-state index contributed by atoms with van der Waals surface area (Å²) >= 11 is 0. The van der Waals surface area contributed by atoms with E-state index < -0.39 is 0 Å². The smallest absolute Gasteiger partial charge is 0.201 e. The van der Waals surface area contributed by atoms with Crippen LogP contribution in [-0.2, 0) is 4.79 Å².